The number of aromatic amines is 1. The minimum absolute atomic E-state index is 0.0105. The summed E-state index contributed by atoms with van der Waals surface area (Å²) in [6, 6.07) is 20.8. The maximum atomic E-state index is 13.7. The first kappa shape index (κ1) is 24.9. The van der Waals surface area contributed by atoms with Gasteiger partial charge in [0.15, 0.2) is 0 Å². The number of phenolic OH excluding ortho intramolecular Hbond substituents is 1. The molecule has 0 radical (unpaired) electrons. The van der Waals surface area contributed by atoms with Gasteiger partial charge in [-0.25, -0.2) is 0 Å². The Morgan fingerprint density at radius 1 is 1.05 bits per heavy atom. The summed E-state index contributed by atoms with van der Waals surface area (Å²) < 4.78 is 5.27. The Balaban J connectivity index is 1.57. The highest BCUT2D eigenvalue weighted by Crippen LogP contribution is 2.45. The number of rotatable bonds is 6. The van der Waals surface area contributed by atoms with Gasteiger partial charge in [-0.3, -0.25) is 9.89 Å². The number of amides is 1. The standard InChI is InChI=1S/C30H30ClN3O3/c1-30(2,3)20-9-7-19(8-10-20)28-25-26(23-17-21(31)11-14-24(23)35)32-33-27(25)29(36)34(28)16-15-18-5-12-22(37-4)13-6-18/h5-14,17,28,35H,15-16H2,1-4H3,(H,32,33). The molecule has 0 saturated carbocycles. The van der Waals surface area contributed by atoms with E-state index < -0.39 is 0 Å². The number of carbonyl (C=O) groups excluding carboxylic acids is 1. The highest BCUT2D eigenvalue weighted by Gasteiger charge is 2.42. The molecule has 2 heterocycles. The largest absolute Gasteiger partial charge is 0.507 e. The fourth-order valence-electron chi connectivity index (χ4n) is 4.88. The Morgan fingerprint density at radius 3 is 2.41 bits per heavy atom. The van der Waals surface area contributed by atoms with E-state index in [0.717, 1.165) is 22.4 Å². The molecule has 2 N–H and O–H groups in total. The number of aromatic hydroxyl groups is 1. The first-order chi connectivity index (χ1) is 17.7. The number of phenols is 1. The number of benzene rings is 3. The molecule has 0 aliphatic carbocycles. The summed E-state index contributed by atoms with van der Waals surface area (Å²) in [5.74, 6) is 0.739. The number of ether oxygens (including phenoxy) is 1. The van der Waals surface area contributed by atoms with Gasteiger partial charge >= 0.3 is 0 Å². The molecule has 3 aromatic carbocycles. The number of hydrogen-bond donors (Lipinski definition) is 2. The topological polar surface area (TPSA) is 78.5 Å². The van der Waals surface area contributed by atoms with Crippen LogP contribution in [-0.4, -0.2) is 39.8 Å². The van der Waals surface area contributed by atoms with Gasteiger partial charge in [0.1, 0.15) is 22.9 Å². The molecule has 0 saturated heterocycles. The van der Waals surface area contributed by atoms with Crippen LogP contribution in [-0.2, 0) is 11.8 Å². The number of nitrogens with zero attached hydrogens (tertiary/aromatic N) is 2. The van der Waals surface area contributed by atoms with E-state index in [1.54, 1.807) is 25.3 Å². The summed E-state index contributed by atoms with van der Waals surface area (Å²) in [7, 11) is 1.64. The Bertz CT molecular complexity index is 1440. The van der Waals surface area contributed by atoms with E-state index in [2.05, 4.69) is 55.2 Å². The Labute approximate surface area is 221 Å². The van der Waals surface area contributed by atoms with E-state index in [1.165, 1.54) is 5.56 Å². The second kappa shape index (κ2) is 9.60. The lowest BCUT2D eigenvalue weighted by Gasteiger charge is -2.27. The van der Waals surface area contributed by atoms with E-state index >= 15 is 0 Å². The van der Waals surface area contributed by atoms with Crippen LogP contribution in [0.1, 0.15) is 59.6 Å². The van der Waals surface area contributed by atoms with E-state index in [0.29, 0.717) is 34.9 Å². The fraction of sp³-hybridized carbons (Fsp3) is 0.267. The zero-order valence-electron chi connectivity index (χ0n) is 21.4. The number of fused-ring (bicyclic) bond motifs is 1. The van der Waals surface area contributed by atoms with Gasteiger partial charge in [-0.15, -0.1) is 0 Å². The zero-order valence-corrected chi connectivity index (χ0v) is 22.1. The van der Waals surface area contributed by atoms with Crippen molar-refractivity contribution >= 4 is 17.5 Å². The predicted octanol–water partition coefficient (Wildman–Crippen LogP) is 6.53. The lowest BCUT2D eigenvalue weighted by Crippen LogP contribution is -2.31. The number of aromatic nitrogens is 2. The molecule has 7 heteroatoms. The summed E-state index contributed by atoms with van der Waals surface area (Å²) in [5, 5.41) is 18.5. The van der Waals surface area contributed by atoms with Gasteiger partial charge in [0.2, 0.25) is 0 Å². The quantitative estimate of drug-likeness (QED) is 0.306. The molecule has 1 aliphatic heterocycles. The van der Waals surface area contributed by atoms with Gasteiger partial charge in [0, 0.05) is 22.7 Å². The van der Waals surface area contributed by atoms with Crippen LogP contribution < -0.4 is 4.74 Å². The van der Waals surface area contributed by atoms with Gasteiger partial charge in [0.25, 0.3) is 5.91 Å². The van der Waals surface area contributed by atoms with Crippen LogP contribution >= 0.6 is 11.6 Å². The number of hydrogen-bond acceptors (Lipinski definition) is 4. The normalized spacial score (nSPS) is 15.2. The molecule has 1 amide bonds. The maximum absolute atomic E-state index is 13.7. The summed E-state index contributed by atoms with van der Waals surface area (Å²) in [6.45, 7) is 7.05. The molecule has 1 aromatic heterocycles. The maximum Gasteiger partial charge on any atom is 0.273 e. The van der Waals surface area contributed by atoms with Crippen molar-refractivity contribution in [3.05, 3.63) is 99.7 Å². The number of halogens is 1. The Kier molecular flexibility index (Phi) is 6.46. The van der Waals surface area contributed by atoms with Crippen LogP contribution in [0.3, 0.4) is 0 Å². The molecular formula is C30H30ClN3O3. The molecule has 0 bridgehead atoms. The lowest BCUT2D eigenvalue weighted by atomic mass is 9.85. The van der Waals surface area contributed by atoms with Crippen LogP contribution in [0.2, 0.25) is 5.02 Å². The average Bonchev–Trinajstić information content (AvgIpc) is 3.42. The van der Waals surface area contributed by atoms with E-state index in [1.807, 2.05) is 29.2 Å². The van der Waals surface area contributed by atoms with Crippen molar-refractivity contribution in [1.29, 1.82) is 0 Å². The second-order valence-corrected chi connectivity index (χ2v) is 10.8. The zero-order chi connectivity index (χ0) is 26.3. The molecule has 0 spiro atoms. The first-order valence-electron chi connectivity index (χ1n) is 12.3. The van der Waals surface area contributed by atoms with Crippen molar-refractivity contribution in [2.24, 2.45) is 0 Å². The van der Waals surface area contributed by atoms with E-state index in [-0.39, 0.29) is 23.1 Å². The van der Waals surface area contributed by atoms with Crippen LogP contribution in [0, 0.1) is 0 Å². The molecule has 37 heavy (non-hydrogen) atoms. The fourth-order valence-corrected chi connectivity index (χ4v) is 5.06. The minimum atomic E-state index is -0.359. The molecule has 0 fully saturated rings. The van der Waals surface area contributed by atoms with Crippen LogP contribution in [0.4, 0.5) is 0 Å². The third-order valence-electron chi connectivity index (χ3n) is 6.97. The van der Waals surface area contributed by atoms with Crippen LogP contribution in [0.25, 0.3) is 11.3 Å². The molecule has 1 unspecified atom stereocenters. The third-order valence-corrected chi connectivity index (χ3v) is 7.21. The van der Waals surface area contributed by atoms with E-state index in [4.69, 9.17) is 16.3 Å². The number of nitrogens with one attached hydrogen (secondary N) is 1. The van der Waals surface area contributed by atoms with Gasteiger partial charge in [0.05, 0.1) is 13.2 Å². The lowest BCUT2D eigenvalue weighted by molar-refractivity contribution is 0.0746. The van der Waals surface area contributed by atoms with Crippen molar-refractivity contribution in [3.63, 3.8) is 0 Å². The smallest absolute Gasteiger partial charge is 0.273 e. The van der Waals surface area contributed by atoms with Crippen LogP contribution in [0.15, 0.2) is 66.7 Å². The summed E-state index contributed by atoms with van der Waals surface area (Å²) in [4.78, 5) is 15.6. The summed E-state index contributed by atoms with van der Waals surface area (Å²) >= 11 is 6.26. The number of carbonyl (C=O) groups is 1. The second-order valence-electron chi connectivity index (χ2n) is 10.4. The molecule has 190 valence electrons. The molecule has 1 aliphatic rings. The van der Waals surface area contributed by atoms with E-state index in [9.17, 15) is 9.90 Å². The van der Waals surface area contributed by atoms with Gasteiger partial charge in [-0.2, -0.15) is 5.10 Å². The summed E-state index contributed by atoms with van der Waals surface area (Å²) in [6.07, 6.45) is 0.682. The first-order valence-corrected chi connectivity index (χ1v) is 12.7. The number of H-pyrrole nitrogens is 1. The highest BCUT2D eigenvalue weighted by atomic mass is 35.5. The average molecular weight is 516 g/mol. The minimum Gasteiger partial charge on any atom is -0.507 e. The van der Waals surface area contributed by atoms with Crippen molar-refractivity contribution in [2.75, 3.05) is 13.7 Å². The molecule has 4 aromatic rings. The number of methoxy groups -OCH3 is 1. The molecule has 6 nitrogen and oxygen atoms in total. The molecule has 5 rings (SSSR count). The molecular weight excluding hydrogens is 486 g/mol. The SMILES string of the molecule is COc1ccc(CCN2C(=O)c3[nH]nc(-c4cc(Cl)ccc4O)c3C2c2ccc(C(C)(C)C)cc2)cc1. The van der Waals surface area contributed by atoms with Crippen molar-refractivity contribution in [1.82, 2.24) is 15.1 Å². The highest BCUT2D eigenvalue weighted by molar-refractivity contribution is 6.31. The Morgan fingerprint density at radius 2 is 1.76 bits per heavy atom. The third kappa shape index (κ3) is 4.69. The van der Waals surface area contributed by atoms with Gasteiger partial charge in [-0.05, 0) is 58.9 Å². The predicted molar refractivity (Wildman–Crippen MR) is 145 cm³/mol. The van der Waals surface area contributed by atoms with Gasteiger partial charge < -0.3 is 14.7 Å². The monoisotopic (exact) mass is 515 g/mol. The molecule has 1 atom stereocenters. The van der Waals surface area contributed by atoms with Crippen molar-refractivity contribution in [3.8, 4) is 22.8 Å². The van der Waals surface area contributed by atoms with Crippen molar-refractivity contribution in [2.45, 2.75) is 38.6 Å². The van der Waals surface area contributed by atoms with Crippen molar-refractivity contribution < 1.29 is 14.6 Å². The van der Waals surface area contributed by atoms with Gasteiger partial charge in [-0.1, -0.05) is 68.8 Å². The Hall–Kier alpha value is -3.77. The summed E-state index contributed by atoms with van der Waals surface area (Å²) in [5.41, 5.74) is 5.53. The van der Waals surface area contributed by atoms with Crippen LogP contribution in [0.5, 0.6) is 11.5 Å².